The van der Waals surface area contributed by atoms with E-state index in [9.17, 15) is 9.18 Å². The summed E-state index contributed by atoms with van der Waals surface area (Å²) in [5.41, 5.74) is 1.51. The third kappa shape index (κ3) is 4.42. The monoisotopic (exact) mass is 373 g/mol. The fraction of sp³-hybridized carbons (Fsp3) is 0.350. The van der Waals surface area contributed by atoms with Gasteiger partial charge in [-0.3, -0.25) is 0 Å². The third-order valence-corrected chi connectivity index (χ3v) is 4.69. The molecule has 0 unspecified atom stereocenters. The average molecular weight is 373 g/mol. The highest BCUT2D eigenvalue weighted by Gasteiger charge is 2.22. The van der Waals surface area contributed by atoms with Crippen LogP contribution in [0.3, 0.4) is 0 Å². The number of amides is 2. The van der Waals surface area contributed by atoms with Crippen LogP contribution in [-0.2, 0) is 6.54 Å². The van der Waals surface area contributed by atoms with E-state index in [4.69, 9.17) is 9.47 Å². The zero-order valence-corrected chi connectivity index (χ0v) is 15.6. The van der Waals surface area contributed by atoms with Gasteiger partial charge in [-0.15, -0.1) is 0 Å². The number of hydrogen-bond donors (Lipinski definition) is 1. The Morgan fingerprint density at radius 1 is 1.04 bits per heavy atom. The molecule has 0 atom stereocenters. The van der Waals surface area contributed by atoms with Gasteiger partial charge in [-0.05, 0) is 18.2 Å². The fourth-order valence-electron chi connectivity index (χ4n) is 3.11. The molecule has 2 aromatic rings. The van der Waals surface area contributed by atoms with E-state index in [1.807, 2.05) is 18.2 Å². The van der Waals surface area contributed by atoms with Gasteiger partial charge in [0, 0.05) is 50.0 Å². The van der Waals surface area contributed by atoms with Crippen molar-refractivity contribution < 1.29 is 18.7 Å². The van der Waals surface area contributed by atoms with Gasteiger partial charge in [0.15, 0.2) is 11.5 Å². The molecule has 0 saturated carbocycles. The van der Waals surface area contributed by atoms with E-state index in [1.54, 1.807) is 37.3 Å². The average Bonchev–Trinajstić information content (AvgIpc) is 2.72. The van der Waals surface area contributed by atoms with Crippen LogP contribution in [0.2, 0.25) is 0 Å². The van der Waals surface area contributed by atoms with E-state index in [1.165, 1.54) is 6.07 Å². The maximum Gasteiger partial charge on any atom is 0.317 e. The van der Waals surface area contributed by atoms with E-state index in [0.717, 1.165) is 5.69 Å². The number of nitrogens with zero attached hydrogens (tertiary/aromatic N) is 2. The molecule has 1 heterocycles. The number of hydrogen-bond acceptors (Lipinski definition) is 4. The van der Waals surface area contributed by atoms with E-state index in [-0.39, 0.29) is 18.4 Å². The van der Waals surface area contributed by atoms with Crippen molar-refractivity contribution in [3.63, 3.8) is 0 Å². The Labute approximate surface area is 158 Å². The molecule has 2 aromatic carbocycles. The molecule has 1 saturated heterocycles. The summed E-state index contributed by atoms with van der Waals surface area (Å²) in [6.45, 7) is 2.79. The number of urea groups is 1. The molecule has 3 rings (SSSR count). The lowest BCUT2D eigenvalue weighted by Crippen LogP contribution is -2.51. The number of benzene rings is 2. The van der Waals surface area contributed by atoms with Crippen LogP contribution in [0.5, 0.6) is 11.5 Å². The lowest BCUT2D eigenvalue weighted by atomic mass is 10.2. The van der Waals surface area contributed by atoms with Crippen LogP contribution in [0.4, 0.5) is 14.9 Å². The predicted molar refractivity (Wildman–Crippen MR) is 102 cm³/mol. The van der Waals surface area contributed by atoms with Crippen molar-refractivity contribution in [3.05, 3.63) is 53.8 Å². The number of nitrogens with one attached hydrogen (secondary N) is 1. The Morgan fingerprint density at radius 2 is 1.74 bits per heavy atom. The molecule has 0 spiro atoms. The predicted octanol–water partition coefficient (Wildman–Crippen LogP) is 2.87. The molecule has 1 aliphatic rings. The standard InChI is InChI=1S/C20H24FN3O3/c1-26-18-8-7-16(13-19(18)27-2)23-9-11-24(12-10-23)20(25)22-14-15-5-3-4-6-17(15)21/h3-8,13H,9-12,14H2,1-2H3,(H,22,25). The Hall–Kier alpha value is -2.96. The number of methoxy groups -OCH3 is 2. The highest BCUT2D eigenvalue weighted by molar-refractivity contribution is 5.74. The van der Waals surface area contributed by atoms with Crippen LogP contribution >= 0.6 is 0 Å². The summed E-state index contributed by atoms with van der Waals surface area (Å²) in [5, 5.41) is 2.79. The summed E-state index contributed by atoms with van der Waals surface area (Å²) in [6.07, 6.45) is 0. The molecule has 2 amide bonds. The maximum atomic E-state index is 13.6. The van der Waals surface area contributed by atoms with Gasteiger partial charge in [0.25, 0.3) is 0 Å². The molecule has 27 heavy (non-hydrogen) atoms. The summed E-state index contributed by atoms with van der Waals surface area (Å²) in [5.74, 6) is 1.06. The van der Waals surface area contributed by atoms with Gasteiger partial charge in [0.1, 0.15) is 5.82 Å². The summed E-state index contributed by atoms with van der Waals surface area (Å²) in [6, 6.07) is 12.1. The molecular weight excluding hydrogens is 349 g/mol. The molecule has 0 bridgehead atoms. The molecule has 7 heteroatoms. The van der Waals surface area contributed by atoms with E-state index >= 15 is 0 Å². The van der Waals surface area contributed by atoms with Gasteiger partial charge < -0.3 is 24.6 Å². The summed E-state index contributed by atoms with van der Waals surface area (Å²) >= 11 is 0. The molecule has 6 nitrogen and oxygen atoms in total. The molecule has 1 fully saturated rings. The number of halogens is 1. The Bertz CT molecular complexity index is 792. The van der Waals surface area contributed by atoms with Gasteiger partial charge in [-0.2, -0.15) is 0 Å². The lowest BCUT2D eigenvalue weighted by Gasteiger charge is -2.36. The number of rotatable bonds is 5. The van der Waals surface area contributed by atoms with Crippen molar-refractivity contribution in [2.45, 2.75) is 6.54 Å². The number of piperazine rings is 1. The van der Waals surface area contributed by atoms with Gasteiger partial charge in [0.05, 0.1) is 14.2 Å². The quantitative estimate of drug-likeness (QED) is 0.876. The minimum absolute atomic E-state index is 0.176. The molecular formula is C20H24FN3O3. The summed E-state index contributed by atoms with van der Waals surface area (Å²) in [7, 11) is 3.22. The summed E-state index contributed by atoms with van der Waals surface area (Å²) in [4.78, 5) is 16.3. The molecule has 0 aliphatic carbocycles. The van der Waals surface area contributed by atoms with Gasteiger partial charge in [-0.1, -0.05) is 18.2 Å². The first-order valence-corrected chi connectivity index (χ1v) is 8.85. The zero-order chi connectivity index (χ0) is 19.2. The first-order chi connectivity index (χ1) is 13.1. The maximum absolute atomic E-state index is 13.6. The topological polar surface area (TPSA) is 54.0 Å². The van der Waals surface area contributed by atoms with Gasteiger partial charge in [0.2, 0.25) is 0 Å². The van der Waals surface area contributed by atoms with Crippen LogP contribution in [0.15, 0.2) is 42.5 Å². The van der Waals surface area contributed by atoms with Gasteiger partial charge >= 0.3 is 6.03 Å². The van der Waals surface area contributed by atoms with Gasteiger partial charge in [-0.25, -0.2) is 9.18 Å². The van der Waals surface area contributed by atoms with Crippen LogP contribution < -0.4 is 19.7 Å². The molecule has 1 aliphatic heterocycles. The number of anilines is 1. The van der Waals surface area contributed by atoms with Crippen molar-refractivity contribution in [3.8, 4) is 11.5 Å². The van der Waals surface area contributed by atoms with Crippen LogP contribution in [0.1, 0.15) is 5.56 Å². The van der Waals surface area contributed by atoms with Crippen molar-refractivity contribution in [1.82, 2.24) is 10.2 Å². The Morgan fingerprint density at radius 3 is 2.41 bits per heavy atom. The Balaban J connectivity index is 1.54. The van der Waals surface area contributed by atoms with Crippen molar-refractivity contribution in [1.29, 1.82) is 0 Å². The fourth-order valence-corrected chi connectivity index (χ4v) is 3.11. The summed E-state index contributed by atoms with van der Waals surface area (Å²) < 4.78 is 24.3. The first kappa shape index (κ1) is 18.8. The second kappa shape index (κ2) is 8.62. The van der Waals surface area contributed by atoms with Crippen molar-refractivity contribution >= 4 is 11.7 Å². The number of carbonyl (C=O) groups is 1. The molecule has 0 aromatic heterocycles. The van der Waals surface area contributed by atoms with Crippen molar-refractivity contribution in [2.24, 2.45) is 0 Å². The van der Waals surface area contributed by atoms with E-state index in [0.29, 0.717) is 43.2 Å². The second-order valence-corrected chi connectivity index (χ2v) is 6.26. The minimum atomic E-state index is -0.309. The second-order valence-electron chi connectivity index (χ2n) is 6.26. The zero-order valence-electron chi connectivity index (χ0n) is 15.6. The first-order valence-electron chi connectivity index (χ1n) is 8.85. The number of carbonyl (C=O) groups excluding carboxylic acids is 1. The van der Waals surface area contributed by atoms with Crippen LogP contribution in [-0.4, -0.2) is 51.3 Å². The Kier molecular flexibility index (Phi) is 6.01. The van der Waals surface area contributed by atoms with Crippen LogP contribution in [0.25, 0.3) is 0 Å². The molecule has 144 valence electrons. The largest absolute Gasteiger partial charge is 0.493 e. The van der Waals surface area contributed by atoms with Crippen molar-refractivity contribution in [2.75, 3.05) is 45.3 Å². The van der Waals surface area contributed by atoms with E-state index in [2.05, 4.69) is 10.2 Å². The third-order valence-electron chi connectivity index (χ3n) is 4.69. The number of ether oxygens (including phenoxy) is 2. The normalized spacial score (nSPS) is 14.0. The highest BCUT2D eigenvalue weighted by Crippen LogP contribution is 2.31. The highest BCUT2D eigenvalue weighted by atomic mass is 19.1. The minimum Gasteiger partial charge on any atom is -0.493 e. The molecule has 1 N–H and O–H groups in total. The smallest absolute Gasteiger partial charge is 0.317 e. The van der Waals surface area contributed by atoms with Crippen LogP contribution in [0, 0.1) is 5.82 Å². The van der Waals surface area contributed by atoms with E-state index < -0.39 is 0 Å². The SMILES string of the molecule is COc1ccc(N2CCN(C(=O)NCc3ccccc3F)CC2)cc1OC. The molecule has 0 radical (unpaired) electrons. The lowest BCUT2D eigenvalue weighted by molar-refractivity contribution is 0.194.